The van der Waals surface area contributed by atoms with Crippen LogP contribution in [0.2, 0.25) is 0 Å². The van der Waals surface area contributed by atoms with E-state index in [2.05, 4.69) is 31.5 Å². The van der Waals surface area contributed by atoms with Gasteiger partial charge in [0, 0.05) is 29.3 Å². The number of halogens is 2. The topological polar surface area (TPSA) is 71.8 Å². The lowest BCUT2D eigenvalue weighted by molar-refractivity contribution is 0.251. The molecule has 0 fully saturated rings. The lowest BCUT2D eigenvalue weighted by atomic mass is 10.1. The smallest absolute Gasteiger partial charge is 0.319 e. The fraction of sp³-hybridized carbons (Fsp3) is 0.136. The van der Waals surface area contributed by atoms with Crippen LogP contribution in [0.25, 0.3) is 22.6 Å². The Kier molecular flexibility index (Phi) is 5.76. The Morgan fingerprint density at radius 3 is 2.73 bits per heavy atom. The van der Waals surface area contributed by atoms with Crippen molar-refractivity contribution in [2.75, 3.05) is 11.9 Å². The summed E-state index contributed by atoms with van der Waals surface area (Å²) in [5, 5.41) is 5.28. The summed E-state index contributed by atoms with van der Waals surface area (Å²) in [5.74, 6) is 0.274. The summed E-state index contributed by atoms with van der Waals surface area (Å²) in [6.45, 7) is 2.82. The molecule has 0 aliphatic rings. The van der Waals surface area contributed by atoms with E-state index in [0.29, 0.717) is 17.6 Å². The molecule has 0 aliphatic heterocycles. The highest BCUT2D eigenvalue weighted by atomic mass is 79.9. The molecule has 152 valence electrons. The van der Waals surface area contributed by atoms with Crippen LogP contribution in [-0.4, -0.2) is 27.1 Å². The van der Waals surface area contributed by atoms with Crippen molar-refractivity contribution in [1.82, 2.24) is 19.9 Å². The molecule has 4 aromatic rings. The van der Waals surface area contributed by atoms with Crippen molar-refractivity contribution >= 4 is 38.8 Å². The first-order valence-corrected chi connectivity index (χ1v) is 10.2. The number of rotatable bonds is 5. The molecule has 2 heterocycles. The van der Waals surface area contributed by atoms with E-state index in [9.17, 15) is 9.18 Å². The quantitative estimate of drug-likeness (QED) is 0.427. The van der Waals surface area contributed by atoms with Crippen LogP contribution in [0.4, 0.5) is 14.9 Å². The normalized spacial score (nSPS) is 10.9. The first-order valence-electron chi connectivity index (χ1n) is 9.39. The maximum atomic E-state index is 13.9. The van der Waals surface area contributed by atoms with E-state index in [1.165, 1.54) is 12.1 Å². The number of hydrogen-bond acceptors (Lipinski definition) is 3. The van der Waals surface area contributed by atoms with Crippen LogP contribution in [0.15, 0.2) is 65.3 Å². The summed E-state index contributed by atoms with van der Waals surface area (Å²) >= 11 is 3.19. The van der Waals surface area contributed by atoms with Crippen molar-refractivity contribution in [2.45, 2.75) is 13.5 Å². The summed E-state index contributed by atoms with van der Waals surface area (Å²) in [7, 11) is 0. The number of aromatic nitrogens is 3. The number of urea groups is 1. The van der Waals surface area contributed by atoms with Gasteiger partial charge in [-0.05, 0) is 37.3 Å². The van der Waals surface area contributed by atoms with Crippen LogP contribution in [0.1, 0.15) is 5.56 Å². The molecule has 30 heavy (non-hydrogen) atoms. The number of amides is 2. The Labute approximate surface area is 181 Å². The van der Waals surface area contributed by atoms with Gasteiger partial charge in [-0.1, -0.05) is 45.8 Å². The van der Waals surface area contributed by atoms with Crippen molar-refractivity contribution in [2.24, 2.45) is 0 Å². The molecule has 0 saturated heterocycles. The highest BCUT2D eigenvalue weighted by molar-refractivity contribution is 9.10. The Morgan fingerprint density at radius 1 is 1.17 bits per heavy atom. The summed E-state index contributed by atoms with van der Waals surface area (Å²) in [4.78, 5) is 21.4. The Bertz CT molecular complexity index is 1210. The molecule has 2 aromatic heterocycles. The van der Waals surface area contributed by atoms with Crippen LogP contribution in [0.5, 0.6) is 0 Å². The SMILES string of the molecule is Cc1ccc(-c2nc3cccnc3n2CCNC(=O)Nc2ccc(Br)cc2F)cc1. The number of pyridine rings is 1. The molecule has 0 saturated carbocycles. The summed E-state index contributed by atoms with van der Waals surface area (Å²) < 4.78 is 16.5. The second kappa shape index (κ2) is 8.62. The Hall–Kier alpha value is -3.26. The predicted octanol–water partition coefficient (Wildman–Crippen LogP) is 5.13. The number of benzene rings is 2. The van der Waals surface area contributed by atoms with E-state index in [4.69, 9.17) is 4.98 Å². The highest BCUT2D eigenvalue weighted by Gasteiger charge is 2.14. The first-order chi connectivity index (χ1) is 14.5. The summed E-state index contributed by atoms with van der Waals surface area (Å²) in [6, 6.07) is 15.8. The van der Waals surface area contributed by atoms with Gasteiger partial charge in [0.1, 0.15) is 17.2 Å². The van der Waals surface area contributed by atoms with Gasteiger partial charge < -0.3 is 15.2 Å². The fourth-order valence-electron chi connectivity index (χ4n) is 3.13. The molecule has 2 aromatic carbocycles. The lowest BCUT2D eigenvalue weighted by Gasteiger charge is -2.11. The summed E-state index contributed by atoms with van der Waals surface area (Å²) in [5.41, 5.74) is 3.78. The number of hydrogen-bond donors (Lipinski definition) is 2. The minimum atomic E-state index is -0.508. The van der Waals surface area contributed by atoms with Crippen LogP contribution < -0.4 is 10.6 Å². The third-order valence-corrected chi connectivity index (χ3v) is 5.11. The predicted molar refractivity (Wildman–Crippen MR) is 119 cm³/mol. The van der Waals surface area contributed by atoms with Gasteiger partial charge in [-0.3, -0.25) is 0 Å². The van der Waals surface area contributed by atoms with E-state index < -0.39 is 11.8 Å². The number of anilines is 1. The van der Waals surface area contributed by atoms with E-state index >= 15 is 0 Å². The molecule has 0 radical (unpaired) electrons. The number of nitrogens with one attached hydrogen (secondary N) is 2. The molecule has 6 nitrogen and oxygen atoms in total. The zero-order valence-electron chi connectivity index (χ0n) is 16.2. The second-order valence-corrected chi connectivity index (χ2v) is 7.72. The van der Waals surface area contributed by atoms with Gasteiger partial charge in [0.05, 0.1) is 5.69 Å². The maximum Gasteiger partial charge on any atom is 0.319 e. The van der Waals surface area contributed by atoms with Gasteiger partial charge in [0.15, 0.2) is 5.65 Å². The number of nitrogens with zero attached hydrogens (tertiary/aromatic N) is 3. The lowest BCUT2D eigenvalue weighted by Crippen LogP contribution is -2.32. The maximum absolute atomic E-state index is 13.9. The molecule has 2 N–H and O–H groups in total. The van der Waals surface area contributed by atoms with Crippen LogP contribution >= 0.6 is 15.9 Å². The number of aryl methyl sites for hydroxylation is 1. The van der Waals surface area contributed by atoms with Gasteiger partial charge in [-0.2, -0.15) is 0 Å². The Balaban J connectivity index is 1.50. The van der Waals surface area contributed by atoms with Crippen LogP contribution in [-0.2, 0) is 6.54 Å². The second-order valence-electron chi connectivity index (χ2n) is 6.80. The molecule has 4 rings (SSSR count). The number of carbonyl (C=O) groups excluding carboxylic acids is 1. The zero-order chi connectivity index (χ0) is 21.1. The number of carbonyl (C=O) groups is 1. The first kappa shape index (κ1) is 20.0. The summed E-state index contributed by atoms with van der Waals surface area (Å²) in [6.07, 6.45) is 1.72. The molecule has 0 unspecified atom stereocenters. The fourth-order valence-corrected chi connectivity index (χ4v) is 3.47. The number of fused-ring (bicyclic) bond motifs is 1. The van der Waals surface area contributed by atoms with E-state index in [-0.39, 0.29) is 5.69 Å². The van der Waals surface area contributed by atoms with E-state index in [1.54, 1.807) is 12.3 Å². The largest absolute Gasteiger partial charge is 0.336 e. The van der Waals surface area contributed by atoms with Gasteiger partial charge in [0.25, 0.3) is 0 Å². The molecule has 0 aliphatic carbocycles. The van der Waals surface area contributed by atoms with Crippen molar-refractivity contribution < 1.29 is 9.18 Å². The molecule has 0 atom stereocenters. The highest BCUT2D eigenvalue weighted by Crippen LogP contribution is 2.24. The minimum absolute atomic E-state index is 0.116. The molecule has 8 heteroatoms. The molecule has 0 bridgehead atoms. The molecule has 2 amide bonds. The monoisotopic (exact) mass is 467 g/mol. The van der Waals surface area contributed by atoms with Gasteiger partial charge >= 0.3 is 6.03 Å². The Morgan fingerprint density at radius 2 is 1.97 bits per heavy atom. The molecule has 0 spiro atoms. The zero-order valence-corrected chi connectivity index (χ0v) is 17.8. The third kappa shape index (κ3) is 4.33. The van der Waals surface area contributed by atoms with Gasteiger partial charge in [0.2, 0.25) is 0 Å². The molecular formula is C22H19BrFN5O. The standard InChI is InChI=1S/C22H19BrFN5O/c1-14-4-6-15(7-5-14)20-27-19-3-2-10-25-21(19)29(20)12-11-26-22(30)28-18-9-8-16(23)13-17(18)24/h2-10,13H,11-12H2,1H3,(H2,26,28,30). The van der Waals surface area contributed by atoms with Crippen LogP contribution in [0.3, 0.4) is 0 Å². The minimum Gasteiger partial charge on any atom is -0.336 e. The van der Waals surface area contributed by atoms with Crippen molar-refractivity contribution in [1.29, 1.82) is 0 Å². The van der Waals surface area contributed by atoms with Gasteiger partial charge in [-0.25, -0.2) is 19.2 Å². The number of imidazole rings is 1. The van der Waals surface area contributed by atoms with Crippen molar-refractivity contribution in [3.8, 4) is 11.4 Å². The third-order valence-electron chi connectivity index (χ3n) is 4.61. The van der Waals surface area contributed by atoms with Crippen LogP contribution in [0, 0.1) is 12.7 Å². The molecular weight excluding hydrogens is 449 g/mol. The van der Waals surface area contributed by atoms with Gasteiger partial charge in [-0.15, -0.1) is 0 Å². The van der Waals surface area contributed by atoms with Crippen molar-refractivity contribution in [3.05, 3.63) is 76.6 Å². The average Bonchev–Trinajstić information content (AvgIpc) is 3.09. The van der Waals surface area contributed by atoms with E-state index in [1.807, 2.05) is 47.9 Å². The van der Waals surface area contributed by atoms with E-state index in [0.717, 1.165) is 28.1 Å². The average molecular weight is 468 g/mol. The van der Waals surface area contributed by atoms with Crippen molar-refractivity contribution in [3.63, 3.8) is 0 Å².